The maximum atomic E-state index is 12.9. The van der Waals surface area contributed by atoms with Crippen molar-refractivity contribution in [2.24, 2.45) is 0 Å². The fourth-order valence-corrected chi connectivity index (χ4v) is 7.70. The third kappa shape index (κ3) is 54.2. The Bertz CT molecular complexity index is 1830. The molecule has 11 nitrogen and oxygen atoms in total. The molecule has 0 aromatic heterocycles. The number of rotatable bonds is 51. The Morgan fingerprint density at radius 3 is 1.13 bits per heavy atom. The van der Waals surface area contributed by atoms with Crippen molar-refractivity contribution in [3.05, 3.63) is 146 Å². The van der Waals surface area contributed by atoms with E-state index in [0.717, 1.165) is 128 Å². The first kappa shape index (κ1) is 71.4. The molecule has 428 valence electrons. The molecule has 0 rings (SSSR count). The van der Waals surface area contributed by atoms with E-state index in [-0.39, 0.29) is 19.3 Å². The van der Waals surface area contributed by atoms with Crippen molar-refractivity contribution in [2.75, 3.05) is 26.4 Å². The largest absolute Gasteiger partial charge is 0.472 e. The molecule has 0 aliphatic carbocycles. The Kier molecular flexibility index (Phi) is 53.1. The van der Waals surface area contributed by atoms with Gasteiger partial charge >= 0.3 is 25.7 Å². The number of esters is 3. The SMILES string of the molecule is CC/C=C\C/C=C\C/C=C\C/C=C\C/C=C\C/C=C\CCC(=O)OCC(COP(=O)(O)OCC(CO)OC(=O)CCCCCCC/C=C\CCCC)OC(=O)CCCCC/C=C\C/C=C\C/C=C\C/C=C\C/C=C\CC. The number of ether oxygens (including phenoxy) is 3. The van der Waals surface area contributed by atoms with Gasteiger partial charge in [0.05, 0.1) is 19.8 Å². The molecule has 0 saturated heterocycles. The van der Waals surface area contributed by atoms with Crippen LogP contribution in [0.4, 0.5) is 0 Å². The highest BCUT2D eigenvalue weighted by atomic mass is 31.2. The number of phosphoric acid groups is 1. The summed E-state index contributed by atoms with van der Waals surface area (Å²) in [4.78, 5) is 48.5. The zero-order valence-corrected chi connectivity index (χ0v) is 48.0. The predicted octanol–water partition coefficient (Wildman–Crippen LogP) is 17.1. The summed E-state index contributed by atoms with van der Waals surface area (Å²) >= 11 is 0. The molecule has 0 heterocycles. The van der Waals surface area contributed by atoms with Gasteiger partial charge in [0.25, 0.3) is 0 Å². The number of unbranched alkanes of at least 4 members (excludes halogenated alkanes) is 10. The van der Waals surface area contributed by atoms with Crippen LogP contribution in [0.2, 0.25) is 0 Å². The van der Waals surface area contributed by atoms with Gasteiger partial charge in [0.15, 0.2) is 6.10 Å². The number of aliphatic hydroxyl groups is 1. The van der Waals surface area contributed by atoms with Gasteiger partial charge in [-0.25, -0.2) is 4.57 Å². The minimum absolute atomic E-state index is 0.0848. The molecule has 0 spiro atoms. The zero-order valence-electron chi connectivity index (χ0n) is 47.2. The summed E-state index contributed by atoms with van der Waals surface area (Å²) < 4.78 is 39.4. The molecular weight excluding hydrogens is 976 g/mol. The average Bonchev–Trinajstić information content (AvgIpc) is 3.41. The third-order valence-corrected chi connectivity index (χ3v) is 12.2. The summed E-state index contributed by atoms with van der Waals surface area (Å²) in [5.74, 6) is -1.63. The normalized spacial score (nSPS) is 14.4. The van der Waals surface area contributed by atoms with E-state index in [0.29, 0.717) is 19.3 Å². The van der Waals surface area contributed by atoms with E-state index in [1.807, 2.05) is 12.2 Å². The minimum Gasteiger partial charge on any atom is -0.462 e. The van der Waals surface area contributed by atoms with Crippen LogP contribution in [0.1, 0.15) is 201 Å². The van der Waals surface area contributed by atoms with Gasteiger partial charge < -0.3 is 24.2 Å². The fraction of sp³-hybridized carbons (Fsp3) is 0.578. The second-order valence-electron chi connectivity index (χ2n) is 18.3. The third-order valence-electron chi connectivity index (χ3n) is 11.2. The molecule has 12 heteroatoms. The molecule has 76 heavy (non-hydrogen) atoms. The van der Waals surface area contributed by atoms with E-state index in [1.54, 1.807) is 0 Å². The lowest BCUT2D eigenvalue weighted by atomic mass is 10.1. The molecule has 0 aliphatic rings. The van der Waals surface area contributed by atoms with Crippen molar-refractivity contribution >= 4 is 25.7 Å². The molecule has 0 aromatic carbocycles. The fourth-order valence-electron chi connectivity index (χ4n) is 6.92. The van der Waals surface area contributed by atoms with Crippen LogP contribution in [0.25, 0.3) is 0 Å². The van der Waals surface area contributed by atoms with Gasteiger partial charge in [0.2, 0.25) is 0 Å². The first-order chi connectivity index (χ1) is 37.2. The highest BCUT2D eigenvalue weighted by Gasteiger charge is 2.28. The van der Waals surface area contributed by atoms with Crippen molar-refractivity contribution in [3.63, 3.8) is 0 Å². The highest BCUT2D eigenvalue weighted by molar-refractivity contribution is 7.47. The van der Waals surface area contributed by atoms with Gasteiger partial charge in [-0.05, 0) is 122 Å². The van der Waals surface area contributed by atoms with Crippen molar-refractivity contribution in [1.29, 1.82) is 0 Å². The van der Waals surface area contributed by atoms with Crippen LogP contribution in [0.15, 0.2) is 146 Å². The van der Waals surface area contributed by atoms with Crippen molar-refractivity contribution in [1.82, 2.24) is 0 Å². The second kappa shape index (κ2) is 56.6. The molecule has 3 unspecified atom stereocenters. The number of phosphoric ester groups is 1. The minimum atomic E-state index is -4.78. The monoisotopic (exact) mass is 1080 g/mol. The molecule has 0 aliphatic heterocycles. The Morgan fingerprint density at radius 2 is 0.711 bits per heavy atom. The van der Waals surface area contributed by atoms with Gasteiger partial charge in [-0.3, -0.25) is 23.4 Å². The first-order valence-electron chi connectivity index (χ1n) is 28.7. The standard InChI is InChI=1S/C64H101O11P/c1-4-7-10-13-16-19-22-24-26-28-30-32-34-36-39-41-44-47-50-53-62(66)71-57-61(75-64(68)55-52-49-46-43-40-37-35-33-31-29-27-25-23-20-17-14-11-8-5-2)59-73-76(69,70)72-58-60(56-65)74-63(67)54-51-48-45-42-38-21-18-15-12-9-6-3/h7-8,10-11,15-20,24-27,30-33,36-37,39-40,44,47,60-61,65H,4-6,9,12-14,21-23,28-29,34-35,38,41-43,45-46,48-59H2,1-3H3,(H,69,70)/b10-7-,11-8-,18-15-,19-16-,20-17-,26-24-,27-25-,32-30-,33-31-,39-36-,40-37-,47-44-. The van der Waals surface area contributed by atoms with E-state index >= 15 is 0 Å². The average molecular weight is 1080 g/mol. The summed E-state index contributed by atoms with van der Waals surface area (Å²) in [6, 6.07) is 0. The second-order valence-corrected chi connectivity index (χ2v) is 19.8. The van der Waals surface area contributed by atoms with Gasteiger partial charge in [-0.2, -0.15) is 0 Å². The van der Waals surface area contributed by atoms with Crippen molar-refractivity contribution < 1.29 is 52.2 Å². The topological polar surface area (TPSA) is 155 Å². The number of aliphatic hydroxyl groups excluding tert-OH is 1. The lowest BCUT2D eigenvalue weighted by Crippen LogP contribution is -2.30. The van der Waals surface area contributed by atoms with Gasteiger partial charge in [-0.15, -0.1) is 0 Å². The van der Waals surface area contributed by atoms with Crippen LogP contribution < -0.4 is 0 Å². The van der Waals surface area contributed by atoms with E-state index in [2.05, 4.69) is 154 Å². The van der Waals surface area contributed by atoms with Gasteiger partial charge in [-0.1, -0.05) is 205 Å². The van der Waals surface area contributed by atoms with E-state index in [1.165, 1.54) is 12.8 Å². The van der Waals surface area contributed by atoms with Crippen LogP contribution in [-0.4, -0.2) is 66.5 Å². The maximum absolute atomic E-state index is 12.9. The molecule has 0 amide bonds. The summed E-state index contributed by atoms with van der Waals surface area (Å²) in [6.45, 7) is 4.21. The Balaban J connectivity index is 4.93. The smallest absolute Gasteiger partial charge is 0.462 e. The number of allylic oxidation sites excluding steroid dienone is 24. The quantitative estimate of drug-likeness (QED) is 0.0197. The van der Waals surface area contributed by atoms with Crippen molar-refractivity contribution in [2.45, 2.75) is 213 Å². The Labute approximate surface area is 461 Å². The number of hydrogen-bond donors (Lipinski definition) is 2. The molecular formula is C64H101O11P. The molecule has 3 atom stereocenters. The number of carbonyl (C=O) groups is 3. The molecule has 0 saturated carbocycles. The molecule has 0 radical (unpaired) electrons. The van der Waals surface area contributed by atoms with Crippen LogP contribution >= 0.6 is 7.82 Å². The number of hydrogen-bond acceptors (Lipinski definition) is 10. The summed E-state index contributed by atoms with van der Waals surface area (Å²) in [5, 5.41) is 9.79. The summed E-state index contributed by atoms with van der Waals surface area (Å²) in [7, 11) is -4.78. The predicted molar refractivity (Wildman–Crippen MR) is 316 cm³/mol. The lowest BCUT2D eigenvalue weighted by Gasteiger charge is -2.21. The van der Waals surface area contributed by atoms with Gasteiger partial charge in [0, 0.05) is 19.3 Å². The van der Waals surface area contributed by atoms with E-state index in [9.17, 15) is 28.9 Å². The zero-order chi connectivity index (χ0) is 55.5. The maximum Gasteiger partial charge on any atom is 0.472 e. The molecule has 2 N–H and O–H groups in total. The van der Waals surface area contributed by atoms with Crippen molar-refractivity contribution in [3.8, 4) is 0 Å². The number of carbonyl (C=O) groups excluding carboxylic acids is 3. The van der Waals surface area contributed by atoms with E-state index < -0.39 is 64.4 Å². The Hall–Kier alpha value is -4.64. The summed E-state index contributed by atoms with van der Waals surface area (Å²) in [6.07, 6.45) is 72.5. The van der Waals surface area contributed by atoms with Crippen LogP contribution in [0, 0.1) is 0 Å². The molecule has 0 fully saturated rings. The Morgan fingerprint density at radius 1 is 0.382 bits per heavy atom. The van der Waals surface area contributed by atoms with Gasteiger partial charge in [0.1, 0.15) is 12.7 Å². The lowest BCUT2D eigenvalue weighted by molar-refractivity contribution is -0.161. The summed E-state index contributed by atoms with van der Waals surface area (Å²) in [5.41, 5.74) is 0. The van der Waals surface area contributed by atoms with Crippen LogP contribution in [0.3, 0.4) is 0 Å². The molecule has 0 aromatic rings. The van der Waals surface area contributed by atoms with Crippen LogP contribution in [0.5, 0.6) is 0 Å². The highest BCUT2D eigenvalue weighted by Crippen LogP contribution is 2.43. The van der Waals surface area contributed by atoms with Crippen LogP contribution in [-0.2, 0) is 42.2 Å². The molecule has 0 bridgehead atoms. The van der Waals surface area contributed by atoms with E-state index in [4.69, 9.17) is 23.3 Å². The first-order valence-corrected chi connectivity index (χ1v) is 30.2.